The first-order valence-corrected chi connectivity index (χ1v) is 9.47. The Bertz CT molecular complexity index is 866. The zero-order valence-electron chi connectivity index (χ0n) is 15.8. The average Bonchev–Trinajstić information content (AvgIpc) is 3.00. The fourth-order valence-corrected chi connectivity index (χ4v) is 3.52. The molecule has 0 bridgehead atoms. The number of rotatable bonds is 10. The second kappa shape index (κ2) is 9.47. The summed E-state index contributed by atoms with van der Waals surface area (Å²) in [6.07, 6.45) is -0.170. The molecule has 28 heavy (non-hydrogen) atoms. The van der Waals surface area contributed by atoms with Crippen molar-refractivity contribution in [3.63, 3.8) is 0 Å². The van der Waals surface area contributed by atoms with E-state index in [0.29, 0.717) is 16.4 Å². The second-order valence-corrected chi connectivity index (χ2v) is 7.71. The number of carboxylic acid groups (broad SMARTS) is 2. The van der Waals surface area contributed by atoms with Crippen molar-refractivity contribution in [2.24, 2.45) is 5.92 Å². The van der Waals surface area contributed by atoms with Gasteiger partial charge in [0.05, 0.1) is 23.7 Å². The first kappa shape index (κ1) is 21.6. The van der Waals surface area contributed by atoms with Crippen molar-refractivity contribution in [2.45, 2.75) is 38.8 Å². The van der Waals surface area contributed by atoms with Gasteiger partial charge in [0.25, 0.3) is 0 Å². The number of thiazole rings is 1. The summed E-state index contributed by atoms with van der Waals surface area (Å²) in [7, 11) is 1.55. The minimum Gasteiger partial charge on any atom is -0.497 e. The number of carboxylic acids is 2. The van der Waals surface area contributed by atoms with Gasteiger partial charge in [-0.2, -0.15) is 0 Å². The monoisotopic (exact) mass is 409 g/mol. The predicted octanol–water partition coefficient (Wildman–Crippen LogP) is 2.18. The zero-order valence-corrected chi connectivity index (χ0v) is 16.6. The molecule has 2 atom stereocenters. The number of benzene rings is 1. The normalized spacial score (nSPS) is 13.3. The van der Waals surface area contributed by atoms with Gasteiger partial charge in [0.2, 0.25) is 5.91 Å². The standard InChI is InChI=1S/C18H23N3O6S/c1-9(2)6-12(16(23)24)19-13(17(25)26)8-15(22)21-18-20-11-5-4-10(27-3)7-14(11)28-18/h4-5,7,9,12-13,19H,6,8H2,1-3H3,(H,23,24)(H,25,26)(H,20,21,22)/t12-,13-/m0/s1. The van der Waals surface area contributed by atoms with Gasteiger partial charge in [0.1, 0.15) is 17.8 Å². The van der Waals surface area contributed by atoms with Crippen LogP contribution in [0.3, 0.4) is 0 Å². The first-order chi connectivity index (χ1) is 13.2. The zero-order chi connectivity index (χ0) is 20.8. The van der Waals surface area contributed by atoms with Crippen molar-refractivity contribution in [1.29, 1.82) is 0 Å². The molecular weight excluding hydrogens is 386 g/mol. The van der Waals surface area contributed by atoms with Gasteiger partial charge in [-0.25, -0.2) is 4.98 Å². The van der Waals surface area contributed by atoms with E-state index in [9.17, 15) is 24.6 Å². The van der Waals surface area contributed by atoms with Crippen LogP contribution in [0.25, 0.3) is 10.2 Å². The molecule has 0 spiro atoms. The summed E-state index contributed by atoms with van der Waals surface area (Å²) in [6, 6.07) is 2.91. The van der Waals surface area contributed by atoms with E-state index in [2.05, 4.69) is 15.6 Å². The molecule has 1 heterocycles. The molecule has 1 amide bonds. The van der Waals surface area contributed by atoms with E-state index in [1.807, 2.05) is 13.8 Å². The van der Waals surface area contributed by atoms with Gasteiger partial charge in [-0.05, 0) is 30.5 Å². The van der Waals surface area contributed by atoms with Crippen molar-refractivity contribution in [1.82, 2.24) is 10.3 Å². The first-order valence-electron chi connectivity index (χ1n) is 8.65. The van der Waals surface area contributed by atoms with Gasteiger partial charge in [-0.15, -0.1) is 0 Å². The highest BCUT2D eigenvalue weighted by Crippen LogP contribution is 2.29. The van der Waals surface area contributed by atoms with Crippen LogP contribution in [0.2, 0.25) is 0 Å². The highest BCUT2D eigenvalue weighted by molar-refractivity contribution is 7.22. The topological polar surface area (TPSA) is 138 Å². The highest BCUT2D eigenvalue weighted by Gasteiger charge is 2.28. The fraction of sp³-hybridized carbons (Fsp3) is 0.444. The summed E-state index contributed by atoms with van der Waals surface area (Å²) in [6.45, 7) is 3.67. The average molecular weight is 409 g/mol. The molecule has 2 aromatic rings. The van der Waals surface area contributed by atoms with E-state index in [1.54, 1.807) is 25.3 Å². The number of hydrogen-bond donors (Lipinski definition) is 4. The lowest BCUT2D eigenvalue weighted by molar-refractivity contribution is -0.144. The molecule has 0 unspecified atom stereocenters. The number of amides is 1. The third kappa shape index (κ3) is 5.89. The summed E-state index contributed by atoms with van der Waals surface area (Å²) in [5.74, 6) is -2.30. The van der Waals surface area contributed by atoms with E-state index in [0.717, 1.165) is 4.70 Å². The summed E-state index contributed by atoms with van der Waals surface area (Å²) in [5, 5.41) is 24.1. The molecule has 0 saturated heterocycles. The van der Waals surface area contributed by atoms with Gasteiger partial charge >= 0.3 is 11.9 Å². The van der Waals surface area contributed by atoms with Crippen LogP contribution < -0.4 is 15.4 Å². The summed E-state index contributed by atoms with van der Waals surface area (Å²) in [5.41, 5.74) is 0.678. The number of fused-ring (bicyclic) bond motifs is 1. The third-order valence-electron chi connectivity index (χ3n) is 3.94. The number of aliphatic carboxylic acids is 2. The molecule has 1 aromatic heterocycles. The van der Waals surface area contributed by atoms with Crippen LogP contribution in [0.1, 0.15) is 26.7 Å². The number of nitrogens with one attached hydrogen (secondary N) is 2. The Morgan fingerprint density at radius 1 is 1.18 bits per heavy atom. The molecule has 4 N–H and O–H groups in total. The molecule has 9 nitrogen and oxygen atoms in total. The van der Waals surface area contributed by atoms with E-state index in [1.165, 1.54) is 11.3 Å². The molecule has 2 rings (SSSR count). The van der Waals surface area contributed by atoms with Crippen LogP contribution in [0.15, 0.2) is 18.2 Å². The molecule has 0 aliphatic rings. The van der Waals surface area contributed by atoms with Crippen LogP contribution in [-0.2, 0) is 14.4 Å². The number of methoxy groups -OCH3 is 1. The molecule has 10 heteroatoms. The minimum atomic E-state index is -1.32. The Labute approximate surface area is 165 Å². The summed E-state index contributed by atoms with van der Waals surface area (Å²) < 4.78 is 5.96. The maximum absolute atomic E-state index is 12.3. The lowest BCUT2D eigenvalue weighted by atomic mass is 10.0. The Balaban J connectivity index is 2.05. The van der Waals surface area contributed by atoms with Gasteiger partial charge < -0.3 is 20.3 Å². The number of ether oxygens (including phenoxy) is 1. The summed E-state index contributed by atoms with van der Waals surface area (Å²) >= 11 is 1.23. The van der Waals surface area contributed by atoms with E-state index >= 15 is 0 Å². The van der Waals surface area contributed by atoms with Gasteiger partial charge in [0, 0.05) is 0 Å². The van der Waals surface area contributed by atoms with Crippen molar-refractivity contribution in [2.75, 3.05) is 12.4 Å². The number of carbonyl (C=O) groups excluding carboxylic acids is 1. The molecule has 0 radical (unpaired) electrons. The third-order valence-corrected chi connectivity index (χ3v) is 4.87. The van der Waals surface area contributed by atoms with E-state index < -0.39 is 36.4 Å². The predicted molar refractivity (Wildman–Crippen MR) is 105 cm³/mol. The molecule has 152 valence electrons. The molecule has 0 aliphatic carbocycles. The van der Waals surface area contributed by atoms with Gasteiger partial charge in [-0.3, -0.25) is 19.7 Å². The van der Waals surface area contributed by atoms with Crippen molar-refractivity contribution >= 4 is 44.5 Å². The molecule has 0 aliphatic heterocycles. The number of hydrogen-bond acceptors (Lipinski definition) is 7. The smallest absolute Gasteiger partial charge is 0.321 e. The molecule has 1 aromatic carbocycles. The van der Waals surface area contributed by atoms with Gasteiger partial charge in [0.15, 0.2) is 5.13 Å². The minimum absolute atomic E-state index is 0.0524. The van der Waals surface area contributed by atoms with Gasteiger partial charge in [-0.1, -0.05) is 25.2 Å². The molecule has 0 saturated carbocycles. The Morgan fingerprint density at radius 2 is 1.86 bits per heavy atom. The van der Waals surface area contributed by atoms with Crippen molar-refractivity contribution < 1.29 is 29.3 Å². The van der Waals surface area contributed by atoms with Crippen LogP contribution >= 0.6 is 11.3 Å². The number of anilines is 1. The van der Waals surface area contributed by atoms with Crippen LogP contribution in [0.5, 0.6) is 5.75 Å². The SMILES string of the molecule is COc1ccc2nc(NC(=O)C[C@H](N[C@@H](CC(C)C)C(=O)O)C(=O)O)sc2c1. The number of aromatic nitrogens is 1. The van der Waals surface area contributed by atoms with E-state index in [4.69, 9.17) is 4.74 Å². The van der Waals surface area contributed by atoms with Crippen LogP contribution in [-0.4, -0.2) is 52.2 Å². The van der Waals surface area contributed by atoms with Crippen molar-refractivity contribution in [3.8, 4) is 5.75 Å². The lowest BCUT2D eigenvalue weighted by Gasteiger charge is -2.21. The highest BCUT2D eigenvalue weighted by atomic mass is 32.1. The quantitative estimate of drug-likeness (QED) is 0.468. The maximum atomic E-state index is 12.3. The van der Waals surface area contributed by atoms with Crippen LogP contribution in [0, 0.1) is 5.92 Å². The molecular formula is C18H23N3O6S. The second-order valence-electron chi connectivity index (χ2n) is 6.68. The maximum Gasteiger partial charge on any atom is 0.321 e. The summed E-state index contributed by atoms with van der Waals surface area (Å²) in [4.78, 5) is 39.4. The Morgan fingerprint density at radius 3 is 2.43 bits per heavy atom. The Kier molecular flexibility index (Phi) is 7.30. The Hall–Kier alpha value is -2.72. The number of carbonyl (C=O) groups is 3. The largest absolute Gasteiger partial charge is 0.497 e. The van der Waals surface area contributed by atoms with Crippen LogP contribution in [0.4, 0.5) is 5.13 Å². The fourth-order valence-electron chi connectivity index (χ4n) is 2.61. The van der Waals surface area contributed by atoms with Crippen molar-refractivity contribution in [3.05, 3.63) is 18.2 Å². The molecule has 0 fully saturated rings. The number of nitrogens with zero attached hydrogens (tertiary/aromatic N) is 1. The van der Waals surface area contributed by atoms with E-state index in [-0.39, 0.29) is 12.3 Å². The lowest BCUT2D eigenvalue weighted by Crippen LogP contribution is -2.49.